The lowest BCUT2D eigenvalue weighted by Gasteiger charge is -2.11. The minimum Gasteiger partial charge on any atom is -0.332 e. The van der Waals surface area contributed by atoms with Gasteiger partial charge >= 0.3 is 0 Å². The van der Waals surface area contributed by atoms with Crippen LogP contribution in [-0.4, -0.2) is 11.0 Å². The molecule has 3 nitrogen and oxygen atoms in total. The second-order valence-corrected chi connectivity index (χ2v) is 7.24. The van der Waals surface area contributed by atoms with Gasteiger partial charge in [0.15, 0.2) is 5.11 Å². The predicted octanol–water partition coefficient (Wildman–Crippen LogP) is 5.49. The maximum atomic E-state index is 12.6. The zero-order valence-corrected chi connectivity index (χ0v) is 16.3. The highest BCUT2D eigenvalue weighted by atomic mass is 79.9. The maximum absolute atomic E-state index is 12.6. The van der Waals surface area contributed by atoms with Gasteiger partial charge in [-0.15, -0.1) is 0 Å². The lowest BCUT2D eigenvalue weighted by Crippen LogP contribution is -2.34. The summed E-state index contributed by atoms with van der Waals surface area (Å²) in [6.45, 7) is 0. The third kappa shape index (κ3) is 3.83. The summed E-state index contributed by atoms with van der Waals surface area (Å²) in [5, 5.41) is 7.84. The van der Waals surface area contributed by atoms with Gasteiger partial charge in [0.25, 0.3) is 5.91 Å². The first-order valence-corrected chi connectivity index (χ1v) is 9.09. The number of amides is 1. The fraction of sp³-hybridized carbons (Fsp3) is 0. The molecule has 3 aromatic rings. The minimum absolute atomic E-state index is 0.244. The quantitative estimate of drug-likeness (QED) is 0.493. The number of carbonyl (C=O) groups excluding carboxylic acids is 1. The van der Waals surface area contributed by atoms with Gasteiger partial charge in [-0.25, -0.2) is 0 Å². The first-order valence-electron chi connectivity index (χ1n) is 7.10. The molecule has 0 fully saturated rings. The molecule has 0 atom stereocenters. The van der Waals surface area contributed by atoms with Crippen molar-refractivity contribution in [2.75, 3.05) is 5.32 Å². The number of hydrogen-bond acceptors (Lipinski definition) is 2. The molecule has 0 aromatic heterocycles. The Morgan fingerprint density at radius 2 is 1.62 bits per heavy atom. The van der Waals surface area contributed by atoms with Crippen LogP contribution in [-0.2, 0) is 0 Å². The molecule has 0 saturated carbocycles. The number of thiocarbonyl (C=S) groups is 1. The van der Waals surface area contributed by atoms with E-state index < -0.39 is 0 Å². The Balaban J connectivity index is 1.80. The smallest absolute Gasteiger partial charge is 0.258 e. The maximum Gasteiger partial charge on any atom is 0.258 e. The summed E-state index contributed by atoms with van der Waals surface area (Å²) >= 11 is 12.1. The van der Waals surface area contributed by atoms with Crippen LogP contribution >= 0.6 is 44.1 Å². The number of carbonyl (C=O) groups is 1. The lowest BCUT2D eigenvalue weighted by atomic mass is 10.0. The average Bonchev–Trinajstić information content (AvgIpc) is 2.54. The van der Waals surface area contributed by atoms with E-state index in [0.29, 0.717) is 5.56 Å². The van der Waals surface area contributed by atoms with Gasteiger partial charge < -0.3 is 5.32 Å². The van der Waals surface area contributed by atoms with Crippen LogP contribution in [0, 0.1) is 0 Å². The van der Waals surface area contributed by atoms with Crippen molar-refractivity contribution >= 4 is 71.6 Å². The van der Waals surface area contributed by atoms with Gasteiger partial charge in [-0.3, -0.25) is 10.1 Å². The fourth-order valence-corrected chi connectivity index (χ4v) is 3.48. The van der Waals surface area contributed by atoms with Gasteiger partial charge in [-0.1, -0.05) is 62.2 Å². The number of hydrogen-bond donors (Lipinski definition) is 2. The summed E-state index contributed by atoms with van der Waals surface area (Å²) in [6.07, 6.45) is 0. The highest BCUT2D eigenvalue weighted by Crippen LogP contribution is 2.26. The Labute approximate surface area is 161 Å². The molecular weight excluding hydrogens is 452 g/mol. The topological polar surface area (TPSA) is 41.1 Å². The standard InChI is InChI=1S/C18H12Br2N2OS/c19-11-4-1-5-12(10-11)21-18(24)22-17(23)15-8-2-7-14-13(15)6-3-9-16(14)20/h1-10H,(H2,21,22,23,24). The van der Waals surface area contributed by atoms with E-state index in [1.807, 2.05) is 54.6 Å². The summed E-state index contributed by atoms with van der Waals surface area (Å²) in [7, 11) is 0. The molecule has 0 spiro atoms. The van der Waals surface area contributed by atoms with Crippen molar-refractivity contribution in [1.29, 1.82) is 0 Å². The molecule has 3 aromatic carbocycles. The molecule has 120 valence electrons. The second-order valence-electron chi connectivity index (χ2n) is 5.06. The van der Waals surface area contributed by atoms with E-state index in [-0.39, 0.29) is 11.0 Å². The molecule has 0 heterocycles. The Bertz CT molecular complexity index is 943. The van der Waals surface area contributed by atoms with Gasteiger partial charge in [-0.05, 0) is 53.3 Å². The van der Waals surface area contributed by atoms with E-state index in [2.05, 4.69) is 42.5 Å². The van der Waals surface area contributed by atoms with Crippen molar-refractivity contribution in [3.63, 3.8) is 0 Å². The first-order chi connectivity index (χ1) is 11.5. The van der Waals surface area contributed by atoms with Crippen LogP contribution in [0.3, 0.4) is 0 Å². The molecular formula is C18H12Br2N2OS. The SMILES string of the molecule is O=C(NC(=S)Nc1cccc(Br)c1)c1cccc2c(Br)cccc12. The third-order valence-corrected chi connectivity index (χ3v) is 4.81. The molecule has 0 unspecified atom stereocenters. The van der Waals surface area contributed by atoms with E-state index in [1.165, 1.54) is 0 Å². The second kappa shape index (κ2) is 7.42. The van der Waals surface area contributed by atoms with Crippen LogP contribution in [0.25, 0.3) is 10.8 Å². The largest absolute Gasteiger partial charge is 0.332 e. The summed E-state index contributed by atoms with van der Waals surface area (Å²) in [4.78, 5) is 12.6. The third-order valence-electron chi connectivity index (χ3n) is 3.42. The summed E-state index contributed by atoms with van der Waals surface area (Å²) in [6, 6.07) is 18.9. The number of anilines is 1. The minimum atomic E-state index is -0.244. The van der Waals surface area contributed by atoms with E-state index in [0.717, 1.165) is 25.4 Å². The molecule has 0 aliphatic rings. The van der Waals surface area contributed by atoms with Crippen molar-refractivity contribution in [1.82, 2.24) is 5.32 Å². The zero-order valence-electron chi connectivity index (χ0n) is 12.3. The van der Waals surface area contributed by atoms with Crippen molar-refractivity contribution in [3.05, 3.63) is 75.2 Å². The van der Waals surface area contributed by atoms with Crippen molar-refractivity contribution < 1.29 is 4.79 Å². The normalized spacial score (nSPS) is 10.4. The van der Waals surface area contributed by atoms with Crippen LogP contribution in [0.1, 0.15) is 10.4 Å². The molecule has 24 heavy (non-hydrogen) atoms. The van der Waals surface area contributed by atoms with Crippen LogP contribution in [0.5, 0.6) is 0 Å². The molecule has 0 aliphatic heterocycles. The molecule has 3 rings (SSSR count). The zero-order chi connectivity index (χ0) is 17.1. The molecule has 0 bridgehead atoms. The van der Waals surface area contributed by atoms with Crippen molar-refractivity contribution in [3.8, 4) is 0 Å². The number of rotatable bonds is 2. The Kier molecular flexibility index (Phi) is 5.28. The molecule has 0 radical (unpaired) electrons. The number of nitrogens with one attached hydrogen (secondary N) is 2. The number of benzene rings is 3. The van der Waals surface area contributed by atoms with Crippen LogP contribution < -0.4 is 10.6 Å². The molecule has 1 amide bonds. The molecule has 0 aliphatic carbocycles. The van der Waals surface area contributed by atoms with Gasteiger partial charge in [0.05, 0.1) is 0 Å². The van der Waals surface area contributed by atoms with E-state index >= 15 is 0 Å². The van der Waals surface area contributed by atoms with Gasteiger partial charge in [0.1, 0.15) is 0 Å². The predicted molar refractivity (Wildman–Crippen MR) is 109 cm³/mol. The fourth-order valence-electron chi connectivity index (χ4n) is 2.37. The highest BCUT2D eigenvalue weighted by molar-refractivity contribution is 9.11. The number of fused-ring (bicyclic) bond motifs is 1. The average molecular weight is 464 g/mol. The Hall–Kier alpha value is -1.76. The van der Waals surface area contributed by atoms with Crippen LogP contribution in [0.2, 0.25) is 0 Å². The Morgan fingerprint density at radius 3 is 2.42 bits per heavy atom. The monoisotopic (exact) mass is 462 g/mol. The lowest BCUT2D eigenvalue weighted by molar-refractivity contribution is 0.0979. The van der Waals surface area contributed by atoms with E-state index in [1.54, 1.807) is 6.07 Å². The van der Waals surface area contributed by atoms with Gasteiger partial charge in [0, 0.05) is 20.2 Å². The Morgan fingerprint density at radius 1 is 0.917 bits per heavy atom. The molecule has 2 N–H and O–H groups in total. The molecule has 0 saturated heterocycles. The van der Waals surface area contributed by atoms with Gasteiger partial charge in [0.2, 0.25) is 0 Å². The highest BCUT2D eigenvalue weighted by Gasteiger charge is 2.12. The van der Waals surface area contributed by atoms with Crippen molar-refractivity contribution in [2.45, 2.75) is 0 Å². The van der Waals surface area contributed by atoms with Crippen LogP contribution in [0.15, 0.2) is 69.6 Å². The van der Waals surface area contributed by atoms with Gasteiger partial charge in [-0.2, -0.15) is 0 Å². The summed E-state index contributed by atoms with van der Waals surface area (Å²) in [5.41, 5.74) is 1.38. The molecule has 6 heteroatoms. The summed E-state index contributed by atoms with van der Waals surface area (Å²) < 4.78 is 1.88. The van der Waals surface area contributed by atoms with E-state index in [4.69, 9.17) is 12.2 Å². The van der Waals surface area contributed by atoms with Crippen molar-refractivity contribution in [2.24, 2.45) is 0 Å². The van der Waals surface area contributed by atoms with E-state index in [9.17, 15) is 4.79 Å². The van der Waals surface area contributed by atoms with Crippen LogP contribution in [0.4, 0.5) is 5.69 Å². The first kappa shape index (κ1) is 17.1. The number of halogens is 2. The summed E-state index contributed by atoms with van der Waals surface area (Å²) in [5.74, 6) is -0.244.